The molecule has 0 unspecified atom stereocenters. The molecule has 290 valence electrons. The van der Waals surface area contributed by atoms with Crippen molar-refractivity contribution in [1.82, 2.24) is 31.1 Å². The zero-order chi connectivity index (χ0) is 38.9. The molecule has 13 nitrogen and oxygen atoms in total. The van der Waals surface area contributed by atoms with Crippen molar-refractivity contribution >= 4 is 35.4 Å². The molecule has 2 saturated heterocycles. The molecule has 1 aromatic carbocycles. The van der Waals surface area contributed by atoms with E-state index in [0.717, 1.165) is 0 Å². The predicted octanol–water partition coefficient (Wildman–Crippen LogP) is 2.89. The van der Waals surface area contributed by atoms with Crippen molar-refractivity contribution < 1.29 is 33.9 Å². The maximum Gasteiger partial charge on any atom is 0.245 e. The summed E-state index contributed by atoms with van der Waals surface area (Å²) >= 11 is 0. The van der Waals surface area contributed by atoms with Crippen LogP contribution >= 0.6 is 0 Å². The van der Waals surface area contributed by atoms with Gasteiger partial charge in [-0.2, -0.15) is 0 Å². The Labute approximate surface area is 309 Å². The van der Waals surface area contributed by atoms with Gasteiger partial charge in [0.05, 0.1) is 0 Å². The second-order valence-corrected chi connectivity index (χ2v) is 16.3. The molecule has 0 bridgehead atoms. The minimum absolute atomic E-state index is 0.000209. The van der Waals surface area contributed by atoms with Crippen molar-refractivity contribution in [2.75, 3.05) is 13.6 Å². The molecular weight excluding hydrogens is 664 g/mol. The van der Waals surface area contributed by atoms with Crippen LogP contribution in [0.25, 0.3) is 0 Å². The molecule has 2 heterocycles. The number of amides is 6. The number of fused-ring (bicyclic) bond motifs is 1. The van der Waals surface area contributed by atoms with Crippen LogP contribution in [-0.4, -0.2) is 100 Å². The molecular formula is C39H62N6O7. The molecule has 0 radical (unpaired) electrons. The number of rotatable bonds is 10. The number of nitrogens with zero attached hydrogens (tertiary/aromatic N) is 2. The van der Waals surface area contributed by atoms with Crippen LogP contribution in [0.3, 0.4) is 0 Å². The van der Waals surface area contributed by atoms with Gasteiger partial charge in [0, 0.05) is 20.0 Å². The zero-order valence-electron chi connectivity index (χ0n) is 32.5. The summed E-state index contributed by atoms with van der Waals surface area (Å²) in [7, 11) is 1.52. The first-order valence-electron chi connectivity index (χ1n) is 18.9. The highest BCUT2D eigenvalue weighted by molar-refractivity contribution is 5.98. The van der Waals surface area contributed by atoms with E-state index in [0.29, 0.717) is 37.8 Å². The fraction of sp³-hybridized carbons (Fsp3) is 0.692. The van der Waals surface area contributed by atoms with E-state index < -0.39 is 65.8 Å². The highest BCUT2D eigenvalue weighted by atomic mass is 16.3. The van der Waals surface area contributed by atoms with Crippen LogP contribution in [0.4, 0.5) is 0 Å². The first-order chi connectivity index (χ1) is 24.4. The number of phenols is 1. The molecule has 0 spiro atoms. The molecule has 3 rings (SSSR count). The van der Waals surface area contributed by atoms with E-state index in [-0.39, 0.29) is 54.6 Å². The Kier molecular flexibility index (Phi) is 15.5. The van der Waals surface area contributed by atoms with Crippen LogP contribution in [0, 0.1) is 23.7 Å². The normalized spacial score (nSPS) is 25.9. The minimum atomic E-state index is -1.08. The van der Waals surface area contributed by atoms with E-state index in [4.69, 9.17) is 0 Å². The lowest BCUT2D eigenvalue weighted by atomic mass is 9.97. The predicted molar refractivity (Wildman–Crippen MR) is 199 cm³/mol. The van der Waals surface area contributed by atoms with E-state index in [1.165, 1.54) is 29.0 Å². The largest absolute Gasteiger partial charge is 0.508 e. The molecule has 2 aliphatic heterocycles. The molecule has 2 aliphatic rings. The van der Waals surface area contributed by atoms with Crippen LogP contribution < -0.4 is 21.3 Å². The smallest absolute Gasteiger partial charge is 0.245 e. The van der Waals surface area contributed by atoms with Gasteiger partial charge in [0.2, 0.25) is 35.4 Å². The average molecular weight is 727 g/mol. The molecule has 0 saturated carbocycles. The first-order valence-corrected chi connectivity index (χ1v) is 18.9. The van der Waals surface area contributed by atoms with Crippen LogP contribution in [-0.2, 0) is 35.2 Å². The lowest BCUT2D eigenvalue weighted by Crippen LogP contribution is -2.62. The summed E-state index contributed by atoms with van der Waals surface area (Å²) in [6.45, 7) is 15.7. The van der Waals surface area contributed by atoms with Gasteiger partial charge in [-0.05, 0) is 79.9 Å². The van der Waals surface area contributed by atoms with Crippen molar-refractivity contribution in [2.24, 2.45) is 23.7 Å². The van der Waals surface area contributed by atoms with Crippen LogP contribution in [0.5, 0.6) is 5.75 Å². The van der Waals surface area contributed by atoms with E-state index in [2.05, 4.69) is 21.3 Å². The molecule has 2 fully saturated rings. The fourth-order valence-electron chi connectivity index (χ4n) is 7.02. The standard InChI is InChI=1S/C39H62N6O7/c1-22(2)17-28-34(47)41-29(18-23(3)4)36(49)43-31(20-25(7)8)38(51)45-16-10-11-32(45)39(52)44(9)33(21-26-12-14-27(46)15-13-26)37(50)42-30(19-24(5)6)35(48)40-28/h12-15,22-25,28-33,46H,10-11,16-21H2,1-9H3,(H,40,48)(H,41,47)(H,42,50)(H,43,49)/t28-,29+,30+,31+,32-,33+/m1/s1. The van der Waals surface area contributed by atoms with Crippen molar-refractivity contribution in [3.8, 4) is 5.75 Å². The number of aromatic hydroxyl groups is 1. The highest BCUT2D eigenvalue weighted by Crippen LogP contribution is 2.24. The third-order valence-electron chi connectivity index (χ3n) is 9.65. The quantitative estimate of drug-likeness (QED) is 0.246. The Balaban J connectivity index is 2.15. The van der Waals surface area contributed by atoms with Gasteiger partial charge in [-0.15, -0.1) is 0 Å². The third-order valence-corrected chi connectivity index (χ3v) is 9.65. The molecule has 0 aromatic heterocycles. The van der Waals surface area contributed by atoms with Gasteiger partial charge in [-0.3, -0.25) is 28.8 Å². The van der Waals surface area contributed by atoms with Gasteiger partial charge in [0.15, 0.2) is 0 Å². The zero-order valence-corrected chi connectivity index (χ0v) is 32.5. The molecule has 13 heteroatoms. The van der Waals surface area contributed by atoms with Gasteiger partial charge in [-0.25, -0.2) is 0 Å². The van der Waals surface area contributed by atoms with Gasteiger partial charge >= 0.3 is 0 Å². The number of benzene rings is 1. The third kappa shape index (κ3) is 11.9. The Hall–Kier alpha value is -4.16. The molecule has 6 atom stereocenters. The van der Waals surface area contributed by atoms with Gasteiger partial charge in [-0.1, -0.05) is 67.5 Å². The summed E-state index contributed by atoms with van der Waals surface area (Å²) in [5.74, 6) is -2.88. The Morgan fingerprint density at radius 1 is 0.615 bits per heavy atom. The van der Waals surface area contributed by atoms with Crippen molar-refractivity contribution in [3.63, 3.8) is 0 Å². The Morgan fingerprint density at radius 3 is 1.46 bits per heavy atom. The number of likely N-dealkylation sites (N-methyl/N-ethyl adjacent to an activating group) is 1. The SMILES string of the molecule is CC(C)C[C@@H]1NC(=O)[C@@H](CC(C)C)NC(=O)[C@H](CC(C)C)NC(=O)[C@H](Cc2ccc(O)cc2)N(C)C(=O)[C@H]2CCCN2C(=O)[C@H](CC(C)C)NC1=O. The Morgan fingerprint density at radius 2 is 1.02 bits per heavy atom. The monoisotopic (exact) mass is 726 g/mol. The number of hydrogen-bond acceptors (Lipinski definition) is 7. The van der Waals surface area contributed by atoms with Crippen LogP contribution in [0.15, 0.2) is 24.3 Å². The molecule has 52 heavy (non-hydrogen) atoms. The second-order valence-electron chi connectivity index (χ2n) is 16.3. The summed E-state index contributed by atoms with van der Waals surface area (Å²) in [5.41, 5.74) is 0.674. The maximum atomic E-state index is 14.3. The number of carbonyl (C=O) groups excluding carboxylic acids is 6. The lowest BCUT2D eigenvalue weighted by Gasteiger charge is -2.35. The number of phenolic OH excluding ortho intramolecular Hbond substituents is 1. The first kappa shape index (κ1) is 42.3. The Bertz CT molecular complexity index is 1410. The summed E-state index contributed by atoms with van der Waals surface area (Å²) in [6.07, 6.45) is 2.17. The number of hydrogen-bond donors (Lipinski definition) is 5. The van der Waals surface area contributed by atoms with Crippen molar-refractivity contribution in [3.05, 3.63) is 29.8 Å². The average Bonchev–Trinajstić information content (AvgIpc) is 3.54. The van der Waals surface area contributed by atoms with Crippen molar-refractivity contribution in [1.29, 1.82) is 0 Å². The van der Waals surface area contributed by atoms with Gasteiger partial charge in [0.25, 0.3) is 0 Å². The minimum Gasteiger partial charge on any atom is -0.508 e. The second kappa shape index (κ2) is 19.1. The highest BCUT2D eigenvalue weighted by Gasteiger charge is 2.42. The lowest BCUT2D eigenvalue weighted by molar-refractivity contribution is -0.148. The summed E-state index contributed by atoms with van der Waals surface area (Å²) < 4.78 is 0. The summed E-state index contributed by atoms with van der Waals surface area (Å²) in [6, 6.07) is 0.420. The molecule has 5 N–H and O–H groups in total. The maximum absolute atomic E-state index is 14.3. The topological polar surface area (TPSA) is 177 Å². The number of carbonyl (C=O) groups is 6. The molecule has 6 amide bonds. The van der Waals surface area contributed by atoms with Crippen molar-refractivity contribution in [2.45, 2.75) is 137 Å². The summed E-state index contributed by atoms with van der Waals surface area (Å²) in [5, 5.41) is 21.4. The molecule has 1 aromatic rings. The molecule has 0 aliphatic carbocycles. The number of nitrogens with one attached hydrogen (secondary N) is 4. The van der Waals surface area contributed by atoms with Gasteiger partial charge in [0.1, 0.15) is 42.0 Å². The van der Waals surface area contributed by atoms with E-state index in [1.54, 1.807) is 12.1 Å². The van der Waals surface area contributed by atoms with E-state index in [1.807, 2.05) is 55.4 Å². The van der Waals surface area contributed by atoms with Crippen LogP contribution in [0.1, 0.15) is 99.5 Å². The fourth-order valence-corrected chi connectivity index (χ4v) is 7.02. The van der Waals surface area contributed by atoms with E-state index >= 15 is 0 Å². The van der Waals surface area contributed by atoms with Crippen LogP contribution in [0.2, 0.25) is 0 Å². The summed E-state index contributed by atoms with van der Waals surface area (Å²) in [4.78, 5) is 87.6. The van der Waals surface area contributed by atoms with E-state index in [9.17, 15) is 33.9 Å². The van der Waals surface area contributed by atoms with Gasteiger partial charge < -0.3 is 36.2 Å².